The van der Waals surface area contributed by atoms with Crippen molar-refractivity contribution >= 4 is 6.03 Å². The molecular weight excluding hydrogens is 518 g/mol. The average molecular weight is 562 g/mol. The van der Waals surface area contributed by atoms with Crippen molar-refractivity contribution in [2.24, 2.45) is 5.92 Å². The highest BCUT2D eigenvalue weighted by Crippen LogP contribution is 2.41. The molecule has 5 rings (SSSR count). The maximum atomic E-state index is 13.5. The lowest BCUT2D eigenvalue weighted by atomic mass is 9.77. The fourth-order valence-electron chi connectivity index (χ4n) is 6.28. The van der Waals surface area contributed by atoms with Crippen LogP contribution in [0.1, 0.15) is 73.4 Å². The van der Waals surface area contributed by atoms with Crippen LogP contribution in [-0.4, -0.2) is 23.7 Å². The molecule has 0 radical (unpaired) electrons. The molecule has 0 saturated heterocycles. The monoisotopic (exact) mass is 561 g/mol. The number of carbonyl (C=O) groups excluding carboxylic acids is 1. The molecule has 4 N–H and O–H groups in total. The summed E-state index contributed by atoms with van der Waals surface area (Å²) in [5.41, 5.74) is 2.13. The van der Waals surface area contributed by atoms with E-state index in [1.807, 2.05) is 91.0 Å². The van der Waals surface area contributed by atoms with Gasteiger partial charge in [0.25, 0.3) is 0 Å². The third-order valence-corrected chi connectivity index (χ3v) is 8.74. The van der Waals surface area contributed by atoms with Crippen molar-refractivity contribution < 1.29 is 9.90 Å². The Balaban J connectivity index is 1.22. The number of benzene rings is 4. The van der Waals surface area contributed by atoms with E-state index in [4.69, 9.17) is 0 Å². The summed E-state index contributed by atoms with van der Waals surface area (Å²) >= 11 is 0. The first-order chi connectivity index (χ1) is 20.5. The van der Waals surface area contributed by atoms with Gasteiger partial charge in [0.15, 0.2) is 0 Å². The SMILES string of the molecule is C[C@@H](NCCC1CCC(NC(=O)N[C@H](c2ccccc2)C(O)(c2ccccc2)c2ccccc2)CC1)c1ccccc1. The molecule has 4 aromatic carbocycles. The summed E-state index contributed by atoms with van der Waals surface area (Å²) in [6.45, 7) is 3.21. The Labute approximate surface area is 250 Å². The Bertz CT molecular complexity index is 1320. The molecule has 42 heavy (non-hydrogen) atoms. The van der Waals surface area contributed by atoms with E-state index in [1.165, 1.54) is 5.56 Å². The van der Waals surface area contributed by atoms with Gasteiger partial charge in [-0.3, -0.25) is 0 Å². The Hall–Kier alpha value is -3.93. The van der Waals surface area contributed by atoms with E-state index in [-0.39, 0.29) is 12.1 Å². The van der Waals surface area contributed by atoms with Gasteiger partial charge in [-0.2, -0.15) is 0 Å². The molecule has 0 bridgehead atoms. The predicted octanol–water partition coefficient (Wildman–Crippen LogP) is 7.26. The van der Waals surface area contributed by atoms with Crippen molar-refractivity contribution in [3.05, 3.63) is 144 Å². The van der Waals surface area contributed by atoms with Crippen molar-refractivity contribution in [3.63, 3.8) is 0 Å². The molecule has 0 heterocycles. The summed E-state index contributed by atoms with van der Waals surface area (Å²) in [5.74, 6) is 0.667. The zero-order valence-electron chi connectivity index (χ0n) is 24.5. The van der Waals surface area contributed by atoms with Crippen LogP contribution in [0.3, 0.4) is 0 Å². The molecule has 4 aromatic rings. The molecule has 0 spiro atoms. The third-order valence-electron chi connectivity index (χ3n) is 8.74. The molecule has 2 atom stereocenters. The van der Waals surface area contributed by atoms with Crippen molar-refractivity contribution in [1.82, 2.24) is 16.0 Å². The number of nitrogens with one attached hydrogen (secondary N) is 3. The van der Waals surface area contributed by atoms with Gasteiger partial charge >= 0.3 is 6.03 Å². The Morgan fingerprint density at radius 1 is 0.738 bits per heavy atom. The molecule has 1 fully saturated rings. The van der Waals surface area contributed by atoms with Crippen LogP contribution in [0.4, 0.5) is 4.79 Å². The zero-order chi connectivity index (χ0) is 29.2. The second-order valence-corrected chi connectivity index (χ2v) is 11.6. The molecule has 0 aromatic heterocycles. The van der Waals surface area contributed by atoms with E-state index in [9.17, 15) is 9.90 Å². The second-order valence-electron chi connectivity index (χ2n) is 11.6. The smallest absolute Gasteiger partial charge is 0.315 e. The van der Waals surface area contributed by atoms with Gasteiger partial charge in [0.2, 0.25) is 0 Å². The molecule has 2 amide bonds. The van der Waals surface area contributed by atoms with Crippen LogP contribution in [0.2, 0.25) is 0 Å². The summed E-state index contributed by atoms with van der Waals surface area (Å²) < 4.78 is 0. The number of hydrogen-bond acceptors (Lipinski definition) is 3. The quantitative estimate of drug-likeness (QED) is 0.156. The van der Waals surface area contributed by atoms with Crippen molar-refractivity contribution in [1.29, 1.82) is 0 Å². The Kier molecular flexibility index (Phi) is 10.1. The highest BCUT2D eigenvalue weighted by molar-refractivity contribution is 5.75. The number of amides is 2. The van der Waals surface area contributed by atoms with E-state index in [0.29, 0.717) is 12.0 Å². The fourth-order valence-corrected chi connectivity index (χ4v) is 6.28. The van der Waals surface area contributed by atoms with Crippen LogP contribution in [0.5, 0.6) is 0 Å². The normalized spacial score (nSPS) is 18.5. The van der Waals surface area contributed by atoms with Gasteiger partial charge in [0, 0.05) is 12.1 Å². The summed E-state index contributed by atoms with van der Waals surface area (Å²) in [6.07, 6.45) is 5.28. The molecular formula is C37H43N3O2. The van der Waals surface area contributed by atoms with Crippen LogP contribution in [0.25, 0.3) is 0 Å². The Morgan fingerprint density at radius 3 is 1.74 bits per heavy atom. The average Bonchev–Trinajstić information content (AvgIpc) is 3.05. The number of rotatable bonds is 11. The standard InChI is InChI=1S/C37H43N3O2/c1-28(30-14-6-2-7-15-30)38-27-26-29-22-24-34(25-23-29)39-36(41)40-35(31-16-8-3-9-17-31)37(42,32-18-10-4-11-19-32)33-20-12-5-13-21-33/h2-21,28-29,34-35,38,42H,22-27H2,1H3,(H2,39,40,41)/t28-,29?,34?,35-/m1/s1. The van der Waals surface area contributed by atoms with Crippen LogP contribution < -0.4 is 16.0 Å². The molecule has 1 saturated carbocycles. The van der Waals surface area contributed by atoms with Gasteiger partial charge < -0.3 is 21.1 Å². The number of hydrogen-bond donors (Lipinski definition) is 4. The van der Waals surface area contributed by atoms with Gasteiger partial charge in [-0.15, -0.1) is 0 Å². The molecule has 218 valence electrons. The molecule has 0 aliphatic heterocycles. The number of aliphatic hydroxyl groups is 1. The van der Waals surface area contributed by atoms with E-state index >= 15 is 0 Å². The van der Waals surface area contributed by atoms with Crippen LogP contribution in [0.15, 0.2) is 121 Å². The zero-order valence-corrected chi connectivity index (χ0v) is 24.5. The maximum Gasteiger partial charge on any atom is 0.315 e. The van der Waals surface area contributed by atoms with Gasteiger partial charge in [-0.05, 0) is 73.7 Å². The first-order valence-corrected chi connectivity index (χ1v) is 15.3. The van der Waals surface area contributed by atoms with Gasteiger partial charge in [0.1, 0.15) is 5.60 Å². The van der Waals surface area contributed by atoms with E-state index < -0.39 is 11.6 Å². The van der Waals surface area contributed by atoms with Gasteiger partial charge in [0.05, 0.1) is 6.04 Å². The molecule has 1 aliphatic rings. The van der Waals surface area contributed by atoms with Gasteiger partial charge in [-0.25, -0.2) is 4.79 Å². The van der Waals surface area contributed by atoms with Crippen molar-refractivity contribution in [2.75, 3.05) is 6.54 Å². The molecule has 5 nitrogen and oxygen atoms in total. The summed E-state index contributed by atoms with van der Waals surface area (Å²) in [7, 11) is 0. The molecule has 1 aliphatic carbocycles. The van der Waals surface area contributed by atoms with Gasteiger partial charge in [-0.1, -0.05) is 121 Å². The van der Waals surface area contributed by atoms with Crippen molar-refractivity contribution in [3.8, 4) is 0 Å². The molecule has 0 unspecified atom stereocenters. The summed E-state index contributed by atoms with van der Waals surface area (Å²) in [4.78, 5) is 13.5. The highest BCUT2D eigenvalue weighted by atomic mass is 16.3. The van der Waals surface area contributed by atoms with E-state index in [0.717, 1.165) is 55.3 Å². The van der Waals surface area contributed by atoms with Crippen LogP contribution >= 0.6 is 0 Å². The number of urea groups is 1. The fraction of sp³-hybridized carbons (Fsp3) is 0.324. The summed E-state index contributed by atoms with van der Waals surface area (Å²) in [5, 5.41) is 22.6. The summed E-state index contributed by atoms with van der Waals surface area (Å²) in [6, 6.07) is 39.0. The van der Waals surface area contributed by atoms with E-state index in [2.05, 4.69) is 53.2 Å². The maximum absolute atomic E-state index is 13.5. The minimum Gasteiger partial charge on any atom is -0.378 e. The number of carbonyl (C=O) groups is 1. The first-order valence-electron chi connectivity index (χ1n) is 15.3. The van der Waals surface area contributed by atoms with Crippen molar-refractivity contribution in [2.45, 2.75) is 62.8 Å². The topological polar surface area (TPSA) is 73.4 Å². The third kappa shape index (κ3) is 7.28. The largest absolute Gasteiger partial charge is 0.378 e. The highest BCUT2D eigenvalue weighted by Gasteiger charge is 2.42. The lowest BCUT2D eigenvalue weighted by Gasteiger charge is -2.38. The van der Waals surface area contributed by atoms with Crippen LogP contribution in [0, 0.1) is 5.92 Å². The Morgan fingerprint density at radius 2 is 1.21 bits per heavy atom. The second kappa shape index (κ2) is 14.3. The predicted molar refractivity (Wildman–Crippen MR) is 170 cm³/mol. The van der Waals surface area contributed by atoms with E-state index in [1.54, 1.807) is 0 Å². The molecule has 5 heteroatoms. The lowest BCUT2D eigenvalue weighted by Crippen LogP contribution is -2.50. The minimum absolute atomic E-state index is 0.121. The first kappa shape index (κ1) is 29.6. The minimum atomic E-state index is -1.47. The van der Waals surface area contributed by atoms with Crippen LogP contribution in [-0.2, 0) is 5.60 Å². The lowest BCUT2D eigenvalue weighted by molar-refractivity contribution is 0.0398.